The predicted octanol–water partition coefficient (Wildman–Crippen LogP) is 0.371. The molecule has 0 amide bonds. The van der Waals surface area contributed by atoms with Crippen molar-refractivity contribution < 1.29 is 67.7 Å². The first-order chi connectivity index (χ1) is 9.43. The smallest absolute Gasteiger partial charge is 0.739 e. The van der Waals surface area contributed by atoms with Crippen LogP contribution in [0.1, 0.15) is 5.56 Å². The number of halogens is 9. The SMILES string of the molecule is Fc1cc2c(c(F)c1F)O[B-]OC2(C(F)(F)F)C(F)(F)F.[Li+]. The Kier molecular flexibility index (Phi) is 4.83. The summed E-state index contributed by atoms with van der Waals surface area (Å²) in [4.78, 5) is 0. The number of rotatable bonds is 0. The van der Waals surface area contributed by atoms with Gasteiger partial charge in [-0.15, -0.1) is 0 Å². The molecule has 0 N–H and O–H groups in total. The summed E-state index contributed by atoms with van der Waals surface area (Å²) >= 11 is 0. The van der Waals surface area contributed by atoms with Crippen LogP contribution in [-0.4, -0.2) is 20.0 Å². The summed E-state index contributed by atoms with van der Waals surface area (Å²) < 4.78 is 124. The molecule has 1 heterocycles. The van der Waals surface area contributed by atoms with E-state index in [1.54, 1.807) is 0 Å². The minimum atomic E-state index is -6.14. The third-order valence-electron chi connectivity index (χ3n) is 2.69. The van der Waals surface area contributed by atoms with Gasteiger partial charge >= 0.3 is 31.2 Å². The second kappa shape index (κ2) is 5.58. The van der Waals surface area contributed by atoms with Gasteiger partial charge in [0, 0.05) is 5.56 Å². The van der Waals surface area contributed by atoms with Crippen LogP contribution < -0.4 is 23.5 Å². The maximum atomic E-state index is 13.3. The first-order valence-corrected chi connectivity index (χ1v) is 4.91. The molecule has 0 saturated heterocycles. The van der Waals surface area contributed by atoms with Crippen LogP contribution in [-0.2, 0) is 10.3 Å². The average Bonchev–Trinajstić information content (AvgIpc) is 2.32. The van der Waals surface area contributed by atoms with E-state index in [-0.39, 0.29) is 18.9 Å². The third kappa shape index (κ3) is 2.47. The van der Waals surface area contributed by atoms with E-state index < -0.39 is 60.5 Å². The Balaban J connectivity index is 0.00000242. The van der Waals surface area contributed by atoms with Gasteiger partial charge in [0.25, 0.3) is 0 Å². The number of benzene rings is 1. The largest absolute Gasteiger partial charge is 1.00 e. The molecule has 0 aliphatic carbocycles. The van der Waals surface area contributed by atoms with Crippen LogP contribution in [0.5, 0.6) is 5.75 Å². The van der Waals surface area contributed by atoms with Gasteiger partial charge in [-0.1, -0.05) is 0 Å². The second-order valence-corrected chi connectivity index (χ2v) is 3.87. The molecule has 22 heavy (non-hydrogen) atoms. The van der Waals surface area contributed by atoms with Crippen molar-refractivity contribution in [2.45, 2.75) is 18.0 Å². The van der Waals surface area contributed by atoms with Crippen molar-refractivity contribution >= 4 is 7.69 Å². The van der Waals surface area contributed by atoms with Crippen molar-refractivity contribution in [3.05, 3.63) is 29.1 Å². The maximum Gasteiger partial charge on any atom is 1.00 e. The fourth-order valence-corrected chi connectivity index (χ4v) is 1.76. The van der Waals surface area contributed by atoms with Crippen LogP contribution in [0.25, 0.3) is 0 Å². The molecule has 0 saturated carbocycles. The van der Waals surface area contributed by atoms with Crippen LogP contribution in [0, 0.1) is 17.5 Å². The van der Waals surface area contributed by atoms with E-state index in [1.165, 1.54) is 0 Å². The molecule has 1 aromatic carbocycles. The number of hydrogen-bond acceptors (Lipinski definition) is 2. The monoisotopic (exact) mass is 330 g/mol. The van der Waals surface area contributed by atoms with E-state index in [2.05, 4.69) is 9.31 Å². The molecule has 116 valence electrons. The molecule has 13 heteroatoms. The topological polar surface area (TPSA) is 18.5 Å². The molecule has 0 unspecified atom stereocenters. The summed E-state index contributed by atoms with van der Waals surface area (Å²) in [5.41, 5.74) is -7.13. The van der Waals surface area contributed by atoms with Gasteiger partial charge < -0.3 is 9.31 Å². The molecule has 0 aromatic heterocycles. The second-order valence-electron chi connectivity index (χ2n) is 3.87. The molecule has 2 rings (SSSR count). The van der Waals surface area contributed by atoms with Gasteiger partial charge in [0.1, 0.15) is 5.75 Å². The van der Waals surface area contributed by atoms with Gasteiger partial charge in [0.15, 0.2) is 17.5 Å². The van der Waals surface area contributed by atoms with E-state index in [0.29, 0.717) is 0 Å². The molecular formula is C9HBF9LiO2. The van der Waals surface area contributed by atoms with Gasteiger partial charge in [0.2, 0.25) is 5.60 Å². The van der Waals surface area contributed by atoms with Gasteiger partial charge in [0.05, 0.1) is 7.69 Å². The summed E-state index contributed by atoms with van der Waals surface area (Å²) in [6.45, 7) is 0. The fourth-order valence-electron chi connectivity index (χ4n) is 1.76. The number of alkyl halides is 6. The van der Waals surface area contributed by atoms with Gasteiger partial charge in [-0.25, -0.2) is 8.78 Å². The number of hydrogen-bond donors (Lipinski definition) is 0. The third-order valence-corrected chi connectivity index (χ3v) is 2.69. The summed E-state index contributed by atoms with van der Waals surface area (Å²) in [7, 11) is -0.441. The van der Waals surface area contributed by atoms with E-state index in [4.69, 9.17) is 0 Å². The van der Waals surface area contributed by atoms with E-state index in [1.807, 2.05) is 0 Å². The minimum absolute atomic E-state index is 0. The summed E-state index contributed by atoms with van der Waals surface area (Å²) in [5, 5.41) is 0. The van der Waals surface area contributed by atoms with Gasteiger partial charge in [-0.05, 0) is 6.07 Å². The Morgan fingerprint density at radius 1 is 0.909 bits per heavy atom. The normalized spacial score (nSPS) is 17.3. The molecule has 0 bridgehead atoms. The first-order valence-electron chi connectivity index (χ1n) is 4.91. The van der Waals surface area contributed by atoms with Crippen molar-refractivity contribution in [3.63, 3.8) is 0 Å². The molecule has 1 aliphatic rings. The van der Waals surface area contributed by atoms with Gasteiger partial charge in [-0.3, -0.25) is 0 Å². The summed E-state index contributed by atoms with van der Waals surface area (Å²) in [6.07, 6.45) is -12.3. The van der Waals surface area contributed by atoms with Gasteiger partial charge in [-0.2, -0.15) is 30.7 Å². The Bertz CT molecular complexity index is 572. The number of fused-ring (bicyclic) bond motifs is 1. The van der Waals surface area contributed by atoms with E-state index in [9.17, 15) is 39.5 Å². The molecule has 1 aromatic rings. The molecule has 2 radical (unpaired) electrons. The van der Waals surface area contributed by atoms with Crippen LogP contribution >= 0.6 is 0 Å². The predicted molar refractivity (Wildman–Crippen MR) is 47.6 cm³/mol. The van der Waals surface area contributed by atoms with Crippen molar-refractivity contribution in [2.24, 2.45) is 0 Å². The maximum absolute atomic E-state index is 13.3. The molecule has 0 spiro atoms. The fraction of sp³-hybridized carbons (Fsp3) is 0.333. The summed E-state index contributed by atoms with van der Waals surface area (Å²) in [5.74, 6) is -8.61. The van der Waals surface area contributed by atoms with Crippen LogP contribution in [0.2, 0.25) is 0 Å². The van der Waals surface area contributed by atoms with Crippen LogP contribution in [0.3, 0.4) is 0 Å². The Labute approximate surface area is 129 Å². The standard InChI is InChI=1S/C9HBF9O2.Li/c11-3-1-2-6(5(13)4(3)12)20-10-21-7(2,8(14,15)16)9(17,18)19;/h1H;/q-1;+1. The quantitative estimate of drug-likeness (QED) is 0.389. The van der Waals surface area contributed by atoms with Crippen LogP contribution in [0.4, 0.5) is 39.5 Å². The van der Waals surface area contributed by atoms with Crippen molar-refractivity contribution in [1.82, 2.24) is 0 Å². The zero-order valence-electron chi connectivity index (χ0n) is 10.4. The average molecular weight is 330 g/mol. The van der Waals surface area contributed by atoms with Crippen LogP contribution in [0.15, 0.2) is 6.07 Å². The molecule has 2 nitrogen and oxygen atoms in total. The Morgan fingerprint density at radius 2 is 1.41 bits per heavy atom. The molecule has 0 fully saturated rings. The molecule has 0 atom stereocenters. The molecule has 1 aliphatic heterocycles. The summed E-state index contributed by atoms with van der Waals surface area (Å²) in [6, 6.07) is -0.471. The Hall–Kier alpha value is -0.988. The van der Waals surface area contributed by atoms with E-state index >= 15 is 0 Å². The van der Waals surface area contributed by atoms with Crippen molar-refractivity contribution in [1.29, 1.82) is 0 Å². The minimum Gasteiger partial charge on any atom is -0.739 e. The van der Waals surface area contributed by atoms with Crippen molar-refractivity contribution in [2.75, 3.05) is 0 Å². The zero-order valence-corrected chi connectivity index (χ0v) is 10.4. The Morgan fingerprint density at radius 3 is 1.86 bits per heavy atom. The van der Waals surface area contributed by atoms with E-state index in [0.717, 1.165) is 0 Å². The zero-order chi connectivity index (χ0) is 16.2. The van der Waals surface area contributed by atoms with Crippen molar-refractivity contribution in [3.8, 4) is 5.75 Å². The first kappa shape index (κ1) is 19.1. The molecular weight excluding hydrogens is 329 g/mol.